The van der Waals surface area contributed by atoms with E-state index in [1.807, 2.05) is 30.3 Å². The van der Waals surface area contributed by atoms with E-state index in [-0.39, 0.29) is 23.2 Å². The van der Waals surface area contributed by atoms with Gasteiger partial charge in [0.2, 0.25) is 11.6 Å². The molecule has 0 unspecified atom stereocenters. The van der Waals surface area contributed by atoms with Crippen molar-refractivity contribution in [1.29, 1.82) is 0 Å². The van der Waals surface area contributed by atoms with Crippen molar-refractivity contribution < 1.29 is 18.8 Å². The lowest BCUT2D eigenvalue weighted by atomic mass is 10.1. The Bertz CT molecular complexity index is 1190. The maximum Gasteiger partial charge on any atom is 0.310 e. The Balaban J connectivity index is 1.77. The van der Waals surface area contributed by atoms with E-state index in [0.29, 0.717) is 16.4 Å². The number of hydrogen-bond acceptors (Lipinski definition) is 6. The largest absolute Gasteiger partial charge is 0.612 e. The minimum Gasteiger partial charge on any atom is -0.612 e. The van der Waals surface area contributed by atoms with Crippen LogP contribution in [-0.2, 0) is 0 Å². The first-order chi connectivity index (χ1) is 13.1. The first-order valence-corrected chi connectivity index (χ1v) is 8.05. The van der Waals surface area contributed by atoms with Gasteiger partial charge in [0.1, 0.15) is 10.8 Å². The molecule has 134 valence electrons. The van der Waals surface area contributed by atoms with Crippen LogP contribution in [0.3, 0.4) is 0 Å². The molecule has 0 saturated heterocycles. The van der Waals surface area contributed by atoms with E-state index in [0.717, 1.165) is 5.56 Å². The number of allylic oxidation sites excluding steroid dienone is 4. The third-order valence-corrected chi connectivity index (χ3v) is 3.93. The monoisotopic (exact) mass is 361 g/mol. The molecule has 0 amide bonds. The number of aromatic nitrogens is 1. The van der Waals surface area contributed by atoms with Crippen molar-refractivity contribution in [2.45, 2.75) is 0 Å². The van der Waals surface area contributed by atoms with Gasteiger partial charge in [0.05, 0.1) is 5.57 Å². The van der Waals surface area contributed by atoms with Crippen LogP contribution >= 0.6 is 0 Å². The Morgan fingerprint density at radius 2 is 1.74 bits per heavy atom. The van der Waals surface area contributed by atoms with Gasteiger partial charge < -0.3 is 24.4 Å². The number of benzene rings is 1. The highest BCUT2D eigenvalue weighted by Gasteiger charge is 2.14. The fraction of sp³-hybridized carbons (Fsp3) is 0. The van der Waals surface area contributed by atoms with E-state index in [1.54, 1.807) is 30.4 Å². The van der Waals surface area contributed by atoms with Crippen LogP contribution in [0.2, 0.25) is 0 Å². The second-order valence-corrected chi connectivity index (χ2v) is 5.70. The van der Waals surface area contributed by atoms with Crippen molar-refractivity contribution >= 4 is 17.4 Å². The Kier molecular flexibility index (Phi) is 4.10. The first-order valence-electron chi connectivity index (χ1n) is 8.05. The van der Waals surface area contributed by atoms with E-state index in [2.05, 4.69) is 4.98 Å². The molecule has 2 aromatic heterocycles. The molecule has 1 N–H and O–H groups in total. The van der Waals surface area contributed by atoms with Crippen molar-refractivity contribution in [2.24, 2.45) is 0 Å². The smallest absolute Gasteiger partial charge is 0.310 e. The molecule has 1 aliphatic rings. The summed E-state index contributed by atoms with van der Waals surface area (Å²) in [6.45, 7) is 0. The fourth-order valence-corrected chi connectivity index (χ4v) is 2.67. The predicted octanol–water partition coefficient (Wildman–Crippen LogP) is 2.19. The quantitative estimate of drug-likeness (QED) is 0.554. The molecule has 0 atom stereocenters. The molecule has 0 radical (unpaired) electrons. The molecule has 27 heavy (non-hydrogen) atoms. The van der Waals surface area contributed by atoms with Crippen molar-refractivity contribution in [3.63, 3.8) is 0 Å². The maximum absolute atomic E-state index is 11.2. The summed E-state index contributed by atoms with van der Waals surface area (Å²) in [4.78, 5) is 3.80. The summed E-state index contributed by atoms with van der Waals surface area (Å²) in [5, 5.41) is 32.4. The first kappa shape index (κ1) is 16.5. The SMILES string of the molecule is [O-][N+]([O-])=C1C=CC=CC1=c1ccc(=Cc2nc(-c3ccccc3)oc2O)o1. The van der Waals surface area contributed by atoms with Gasteiger partial charge in [-0.2, -0.15) is 4.90 Å². The number of nitrogens with zero attached hydrogens (tertiary/aromatic N) is 2. The number of hydrogen-bond donors (Lipinski definition) is 1. The Morgan fingerprint density at radius 3 is 2.52 bits per heavy atom. The van der Waals surface area contributed by atoms with E-state index in [9.17, 15) is 15.5 Å². The number of rotatable bonds is 2. The van der Waals surface area contributed by atoms with Gasteiger partial charge in [0.25, 0.3) is 0 Å². The van der Waals surface area contributed by atoms with Crippen LogP contribution in [0.1, 0.15) is 5.69 Å². The van der Waals surface area contributed by atoms with E-state index in [4.69, 9.17) is 8.83 Å². The summed E-state index contributed by atoms with van der Waals surface area (Å²) in [5.74, 6) is -0.0534. The highest BCUT2D eigenvalue weighted by Crippen LogP contribution is 2.26. The van der Waals surface area contributed by atoms with Gasteiger partial charge in [-0.05, 0) is 30.3 Å². The average Bonchev–Trinajstić information content (AvgIpc) is 3.30. The van der Waals surface area contributed by atoms with Crippen LogP contribution in [-0.4, -0.2) is 20.7 Å². The summed E-state index contributed by atoms with van der Waals surface area (Å²) in [7, 11) is 0. The molecular formula is C20H13N2O5-. The lowest BCUT2D eigenvalue weighted by molar-refractivity contribution is -0.376. The summed E-state index contributed by atoms with van der Waals surface area (Å²) in [6.07, 6.45) is 7.82. The fourth-order valence-electron chi connectivity index (χ4n) is 2.67. The second kappa shape index (κ2) is 6.72. The Morgan fingerprint density at radius 1 is 0.963 bits per heavy atom. The molecular weight excluding hydrogens is 348 g/mol. The molecule has 1 aliphatic carbocycles. The van der Waals surface area contributed by atoms with Gasteiger partial charge in [0, 0.05) is 17.7 Å². The molecule has 7 nitrogen and oxygen atoms in total. The molecule has 7 heteroatoms. The average molecular weight is 361 g/mol. The summed E-state index contributed by atoms with van der Waals surface area (Å²) in [6, 6.07) is 12.4. The normalized spacial score (nSPS) is 16.1. The lowest BCUT2D eigenvalue weighted by Gasteiger charge is -2.09. The van der Waals surface area contributed by atoms with E-state index < -0.39 is 4.90 Å². The molecule has 0 saturated carbocycles. The Labute approximate surface area is 153 Å². The van der Waals surface area contributed by atoms with Gasteiger partial charge in [-0.1, -0.05) is 30.4 Å². The zero-order valence-corrected chi connectivity index (χ0v) is 13.9. The molecule has 3 aromatic rings. The summed E-state index contributed by atoms with van der Waals surface area (Å²) in [5.41, 5.74) is 1.99. The molecule has 1 aromatic carbocycles. The Hall–Kier alpha value is -4.00. The van der Waals surface area contributed by atoms with E-state index >= 15 is 0 Å². The van der Waals surface area contributed by atoms with Gasteiger partial charge in [0.15, 0.2) is 5.69 Å². The molecule has 2 heterocycles. The van der Waals surface area contributed by atoms with Crippen molar-refractivity contribution in [3.8, 4) is 17.4 Å². The standard InChI is InChI=1S/C20H13N2O5/c23-20-16(21-19(27-20)13-6-2-1-3-7-13)12-14-10-11-18(26-14)15-8-4-5-9-17(15)22(24)25/h1-12H,(H-,23,24,25)/q-1. The van der Waals surface area contributed by atoms with Gasteiger partial charge in [-0.3, -0.25) is 0 Å². The van der Waals surface area contributed by atoms with Crippen molar-refractivity contribution in [1.82, 2.24) is 4.98 Å². The van der Waals surface area contributed by atoms with Crippen molar-refractivity contribution in [2.75, 3.05) is 0 Å². The molecule has 4 rings (SSSR count). The molecule has 0 bridgehead atoms. The van der Waals surface area contributed by atoms with Gasteiger partial charge >= 0.3 is 5.95 Å². The minimum absolute atomic E-state index is 0.0472. The number of aromatic hydroxyl groups is 1. The maximum atomic E-state index is 11.2. The van der Waals surface area contributed by atoms with Crippen LogP contribution in [0.25, 0.3) is 23.1 Å². The van der Waals surface area contributed by atoms with Crippen LogP contribution < -0.4 is 10.8 Å². The topological polar surface area (TPSA) is 109 Å². The van der Waals surface area contributed by atoms with Gasteiger partial charge in [-0.15, -0.1) is 0 Å². The zero-order valence-electron chi connectivity index (χ0n) is 13.9. The van der Waals surface area contributed by atoms with Crippen LogP contribution in [0.5, 0.6) is 5.95 Å². The van der Waals surface area contributed by atoms with Crippen LogP contribution in [0.4, 0.5) is 0 Å². The zero-order chi connectivity index (χ0) is 18.8. The van der Waals surface area contributed by atoms with Crippen LogP contribution in [0.15, 0.2) is 75.6 Å². The third kappa shape index (κ3) is 3.25. The number of oxazole rings is 1. The summed E-state index contributed by atoms with van der Waals surface area (Å²) >= 11 is 0. The van der Waals surface area contributed by atoms with E-state index in [1.165, 1.54) is 12.2 Å². The molecule has 0 spiro atoms. The van der Waals surface area contributed by atoms with Crippen LogP contribution in [0, 0.1) is 10.4 Å². The third-order valence-electron chi connectivity index (χ3n) is 3.93. The second-order valence-electron chi connectivity index (χ2n) is 5.70. The molecule has 0 aliphatic heterocycles. The predicted molar refractivity (Wildman–Crippen MR) is 98.8 cm³/mol. The van der Waals surface area contributed by atoms with Gasteiger partial charge in [-0.25, -0.2) is 4.98 Å². The lowest BCUT2D eigenvalue weighted by Crippen LogP contribution is -2.17. The molecule has 0 fully saturated rings. The highest BCUT2D eigenvalue weighted by molar-refractivity contribution is 6.25. The minimum atomic E-state index is -0.461. The summed E-state index contributed by atoms with van der Waals surface area (Å²) < 4.78 is 11.0. The number of furan rings is 1. The highest BCUT2D eigenvalue weighted by atomic mass is 16.8. The van der Waals surface area contributed by atoms with Crippen molar-refractivity contribution in [3.05, 3.63) is 93.7 Å².